The van der Waals surface area contributed by atoms with Crippen LogP contribution in [0.3, 0.4) is 0 Å². The van der Waals surface area contributed by atoms with Crippen LogP contribution in [0, 0.1) is 0 Å². The van der Waals surface area contributed by atoms with Crippen LogP contribution in [-0.4, -0.2) is 10.2 Å². The van der Waals surface area contributed by atoms with Gasteiger partial charge in [0, 0.05) is 10.8 Å². The highest BCUT2D eigenvalue weighted by Gasteiger charge is 2.36. The third kappa shape index (κ3) is 12.8. The summed E-state index contributed by atoms with van der Waals surface area (Å²) in [5, 5.41) is 9.50. The number of rotatable bonds is 24. The van der Waals surface area contributed by atoms with E-state index in [4.69, 9.17) is 14.6 Å². The van der Waals surface area contributed by atoms with E-state index in [0.29, 0.717) is 0 Å². The van der Waals surface area contributed by atoms with Crippen LogP contribution < -0.4 is 0 Å². The van der Waals surface area contributed by atoms with E-state index in [1.165, 1.54) is 141 Å². The maximum Gasteiger partial charge on any atom is 0.222 e. The molecule has 0 saturated heterocycles. The molecule has 0 aromatic carbocycles. The molecule has 2 unspecified atom stereocenters. The lowest BCUT2D eigenvalue weighted by atomic mass is 9.79. The number of hydrogen-bond donors (Lipinski definition) is 0. The van der Waals surface area contributed by atoms with Gasteiger partial charge in [-0.3, -0.25) is 0 Å². The van der Waals surface area contributed by atoms with Crippen LogP contribution in [0.1, 0.15) is 195 Å². The number of nitrogens with zero attached hydrogens (tertiary/aromatic N) is 2. The Morgan fingerprint density at radius 1 is 0.429 bits per heavy atom. The predicted octanol–water partition coefficient (Wildman–Crippen LogP) is 11.2. The second kappa shape index (κ2) is 19.3. The van der Waals surface area contributed by atoms with Crippen molar-refractivity contribution in [3.63, 3.8) is 0 Å². The van der Waals surface area contributed by atoms with E-state index in [1.807, 2.05) is 0 Å². The number of aromatic nitrogens is 2. The highest BCUT2D eigenvalue weighted by Crippen LogP contribution is 2.39. The molecule has 0 N–H and O–H groups in total. The lowest BCUT2D eigenvalue weighted by Crippen LogP contribution is -2.24. The highest BCUT2D eigenvalue weighted by molar-refractivity contribution is 5.07. The summed E-state index contributed by atoms with van der Waals surface area (Å²) >= 11 is 0. The van der Waals surface area contributed by atoms with Gasteiger partial charge in [-0.25, -0.2) is 0 Å². The molecule has 0 fully saturated rings. The molecule has 0 aliphatic carbocycles. The van der Waals surface area contributed by atoms with Crippen molar-refractivity contribution in [1.82, 2.24) is 10.2 Å². The Morgan fingerprint density at radius 3 is 1.06 bits per heavy atom. The molecule has 3 heteroatoms. The van der Waals surface area contributed by atoms with Crippen LogP contribution in [-0.2, 0) is 10.8 Å². The van der Waals surface area contributed by atoms with Crippen LogP contribution in [0.2, 0.25) is 0 Å². The summed E-state index contributed by atoms with van der Waals surface area (Å²) < 4.78 is 6.65. The fourth-order valence-electron chi connectivity index (χ4n) is 5.51. The highest BCUT2D eigenvalue weighted by atomic mass is 16.4. The van der Waals surface area contributed by atoms with Crippen molar-refractivity contribution in [1.29, 1.82) is 0 Å². The molecule has 0 aliphatic rings. The molecule has 1 rings (SSSR count). The third-order valence-electron chi connectivity index (χ3n) is 8.29. The van der Waals surface area contributed by atoms with Gasteiger partial charge in [0.1, 0.15) is 0 Å². The Kier molecular flexibility index (Phi) is 17.7. The molecule has 1 aromatic rings. The first-order valence-electron chi connectivity index (χ1n) is 15.8. The molecule has 0 amide bonds. The van der Waals surface area contributed by atoms with Gasteiger partial charge in [-0.2, -0.15) is 0 Å². The van der Waals surface area contributed by atoms with Gasteiger partial charge in [-0.15, -0.1) is 10.2 Å². The fourth-order valence-corrected chi connectivity index (χ4v) is 5.51. The quantitative estimate of drug-likeness (QED) is 0.135. The van der Waals surface area contributed by atoms with Gasteiger partial charge in [-0.1, -0.05) is 157 Å². The van der Waals surface area contributed by atoms with Gasteiger partial charge >= 0.3 is 0 Å². The van der Waals surface area contributed by atoms with E-state index < -0.39 is 0 Å². The molecule has 2 atom stereocenters. The van der Waals surface area contributed by atoms with Crippen molar-refractivity contribution in [3.05, 3.63) is 11.8 Å². The third-order valence-corrected chi connectivity index (χ3v) is 8.29. The van der Waals surface area contributed by atoms with Gasteiger partial charge in [-0.05, 0) is 25.7 Å². The van der Waals surface area contributed by atoms with Gasteiger partial charge in [0.2, 0.25) is 11.8 Å². The maximum atomic E-state index is 6.65. The Balaban J connectivity index is 2.93. The first-order chi connectivity index (χ1) is 17.0. The summed E-state index contributed by atoms with van der Waals surface area (Å²) in [6.45, 7) is 14.0. The Labute approximate surface area is 220 Å². The minimum Gasteiger partial charge on any atom is -0.424 e. The molecule has 1 heterocycles. The molecule has 0 spiro atoms. The van der Waals surface area contributed by atoms with Crippen LogP contribution >= 0.6 is 0 Å². The average Bonchev–Trinajstić information content (AvgIpc) is 3.36. The summed E-state index contributed by atoms with van der Waals surface area (Å²) in [5.74, 6) is 1.84. The number of hydrogen-bond acceptors (Lipinski definition) is 3. The zero-order valence-electron chi connectivity index (χ0n) is 24.9. The first kappa shape index (κ1) is 32.2. The summed E-state index contributed by atoms with van der Waals surface area (Å²) in [6, 6.07) is 0. The lowest BCUT2D eigenvalue weighted by molar-refractivity contribution is 0.241. The van der Waals surface area contributed by atoms with Crippen LogP contribution in [0.5, 0.6) is 0 Å². The van der Waals surface area contributed by atoms with E-state index in [1.54, 1.807) is 0 Å². The molecule has 0 saturated carbocycles. The van der Waals surface area contributed by atoms with Crippen molar-refractivity contribution < 1.29 is 4.42 Å². The molecule has 0 bridgehead atoms. The minimum absolute atomic E-state index is 0.0226. The molecule has 0 radical (unpaired) electrons. The van der Waals surface area contributed by atoms with Crippen molar-refractivity contribution in [2.24, 2.45) is 0 Å². The van der Waals surface area contributed by atoms with Gasteiger partial charge in [0.15, 0.2) is 0 Å². The minimum atomic E-state index is 0.0226. The van der Waals surface area contributed by atoms with E-state index in [9.17, 15) is 0 Å². The van der Waals surface area contributed by atoms with Crippen LogP contribution in [0.25, 0.3) is 0 Å². The van der Waals surface area contributed by atoms with Crippen LogP contribution in [0.15, 0.2) is 4.42 Å². The molecule has 0 aliphatic heterocycles. The SMILES string of the molecule is CCCCCCCCC(C)(CCCCCCC)c1nnc(C(C)(CCCCC)CCCCCC)o1. The van der Waals surface area contributed by atoms with Crippen molar-refractivity contribution in [2.75, 3.05) is 0 Å². The molecule has 35 heavy (non-hydrogen) atoms. The number of unbranched alkanes of at least 4 members (excludes halogenated alkanes) is 14. The van der Waals surface area contributed by atoms with E-state index in [-0.39, 0.29) is 10.8 Å². The second-order valence-corrected chi connectivity index (χ2v) is 12.0. The summed E-state index contributed by atoms with van der Waals surface area (Å²) in [5.41, 5.74) is 0.0467. The lowest BCUT2D eigenvalue weighted by Gasteiger charge is -2.28. The van der Waals surface area contributed by atoms with E-state index >= 15 is 0 Å². The first-order valence-corrected chi connectivity index (χ1v) is 15.8. The van der Waals surface area contributed by atoms with Gasteiger partial charge < -0.3 is 4.42 Å². The standard InChI is InChI=1S/C32H62N2O/c1-7-11-15-18-20-24-28-32(6,27-23-19-16-12-8-2)30-34-33-29(35-30)31(5,25-21-14-10-4)26-22-17-13-9-3/h7-28H2,1-6H3. The van der Waals surface area contributed by atoms with Crippen molar-refractivity contribution >= 4 is 0 Å². The van der Waals surface area contributed by atoms with Crippen LogP contribution in [0.4, 0.5) is 0 Å². The summed E-state index contributed by atoms with van der Waals surface area (Å²) in [4.78, 5) is 0. The summed E-state index contributed by atoms with van der Waals surface area (Å²) in [6.07, 6.45) is 28.3. The zero-order valence-corrected chi connectivity index (χ0v) is 24.9. The molecule has 206 valence electrons. The molecular formula is C32H62N2O. The van der Waals surface area contributed by atoms with Gasteiger partial charge in [0.05, 0.1) is 0 Å². The van der Waals surface area contributed by atoms with Crippen molar-refractivity contribution in [3.8, 4) is 0 Å². The second-order valence-electron chi connectivity index (χ2n) is 12.0. The monoisotopic (exact) mass is 490 g/mol. The van der Waals surface area contributed by atoms with Crippen molar-refractivity contribution in [2.45, 2.75) is 194 Å². The van der Waals surface area contributed by atoms with E-state index in [0.717, 1.165) is 11.8 Å². The average molecular weight is 491 g/mol. The van der Waals surface area contributed by atoms with Gasteiger partial charge in [0.25, 0.3) is 0 Å². The Bertz CT molecular complexity index is 612. The smallest absolute Gasteiger partial charge is 0.222 e. The molecular weight excluding hydrogens is 428 g/mol. The normalized spacial score (nSPS) is 15.3. The molecule has 1 aromatic heterocycles. The summed E-state index contributed by atoms with van der Waals surface area (Å²) in [7, 11) is 0. The topological polar surface area (TPSA) is 38.9 Å². The Hall–Kier alpha value is -0.860. The van der Waals surface area contributed by atoms with E-state index in [2.05, 4.69) is 41.5 Å². The Morgan fingerprint density at radius 2 is 0.686 bits per heavy atom. The largest absolute Gasteiger partial charge is 0.424 e. The predicted molar refractivity (Wildman–Crippen MR) is 153 cm³/mol. The fraction of sp³-hybridized carbons (Fsp3) is 0.938. The maximum absolute atomic E-state index is 6.65. The molecule has 3 nitrogen and oxygen atoms in total. The zero-order chi connectivity index (χ0) is 25.8.